The summed E-state index contributed by atoms with van der Waals surface area (Å²) >= 11 is 1.63. The Morgan fingerprint density at radius 2 is 1.93 bits per heavy atom. The first kappa shape index (κ1) is 18.7. The van der Waals surface area contributed by atoms with Gasteiger partial charge < -0.3 is 9.47 Å². The number of rotatable bonds is 6. The Kier molecular flexibility index (Phi) is 5.11. The third-order valence-corrected chi connectivity index (χ3v) is 5.94. The highest BCUT2D eigenvalue weighted by atomic mass is 32.2. The van der Waals surface area contributed by atoms with Gasteiger partial charge in [-0.1, -0.05) is 54.2 Å². The molecule has 2 aromatic carbocycles. The molecule has 1 aliphatic rings. The van der Waals surface area contributed by atoms with Gasteiger partial charge in [0, 0.05) is 23.9 Å². The van der Waals surface area contributed by atoms with Gasteiger partial charge in [0.25, 0.3) is 0 Å². The van der Waals surface area contributed by atoms with E-state index < -0.39 is 0 Å². The summed E-state index contributed by atoms with van der Waals surface area (Å²) in [5.41, 5.74) is 2.18. The van der Waals surface area contributed by atoms with E-state index in [2.05, 4.69) is 46.0 Å². The molecule has 6 nitrogen and oxygen atoms in total. The first-order valence-electron chi connectivity index (χ1n) is 9.71. The van der Waals surface area contributed by atoms with Crippen molar-refractivity contribution < 1.29 is 9.47 Å². The average molecular weight is 417 g/mol. The van der Waals surface area contributed by atoms with Crippen molar-refractivity contribution in [2.24, 2.45) is 0 Å². The van der Waals surface area contributed by atoms with Crippen LogP contribution in [0.2, 0.25) is 0 Å². The number of thioether (sulfide) groups is 1. The molecule has 0 amide bonds. The minimum absolute atomic E-state index is 0.319. The molecule has 4 aromatic rings. The maximum absolute atomic E-state index is 6.14. The van der Waals surface area contributed by atoms with Crippen LogP contribution in [-0.2, 0) is 12.3 Å². The lowest BCUT2D eigenvalue weighted by Gasteiger charge is -2.26. The van der Waals surface area contributed by atoms with Crippen LogP contribution in [0.4, 0.5) is 0 Å². The number of allylic oxidation sites excluding steroid dienone is 1. The van der Waals surface area contributed by atoms with Gasteiger partial charge in [-0.25, -0.2) is 0 Å². The van der Waals surface area contributed by atoms with Crippen molar-refractivity contribution in [2.45, 2.75) is 23.6 Å². The monoisotopic (exact) mass is 416 g/mol. The highest BCUT2D eigenvalue weighted by molar-refractivity contribution is 7.98. The molecule has 1 unspecified atom stereocenters. The maximum atomic E-state index is 6.14. The fourth-order valence-corrected chi connectivity index (χ4v) is 4.46. The Bertz CT molecular complexity index is 1200. The number of para-hydroxylation sites is 3. The number of ether oxygens (including phenoxy) is 2. The van der Waals surface area contributed by atoms with E-state index in [1.54, 1.807) is 11.8 Å². The molecule has 5 rings (SSSR count). The fourth-order valence-electron chi connectivity index (χ4n) is 3.52. The van der Waals surface area contributed by atoms with Crippen molar-refractivity contribution in [3.05, 3.63) is 84.8 Å². The summed E-state index contributed by atoms with van der Waals surface area (Å²) in [5.74, 6) is 2.96. The van der Waals surface area contributed by atoms with Gasteiger partial charge in [-0.2, -0.15) is 0 Å². The van der Waals surface area contributed by atoms with E-state index in [4.69, 9.17) is 9.47 Å². The number of hydrogen-bond donors (Lipinski definition) is 0. The van der Waals surface area contributed by atoms with Crippen LogP contribution < -0.4 is 9.47 Å². The smallest absolute Gasteiger partial charge is 0.192 e. The quantitative estimate of drug-likeness (QED) is 0.332. The molecule has 0 N–H and O–H groups in total. The summed E-state index contributed by atoms with van der Waals surface area (Å²) in [4.78, 5) is 4.54. The lowest BCUT2D eigenvalue weighted by atomic mass is 10.1. The zero-order valence-corrected chi connectivity index (χ0v) is 17.1. The largest absolute Gasteiger partial charge is 0.485 e. The molecule has 0 saturated heterocycles. The van der Waals surface area contributed by atoms with E-state index in [-0.39, 0.29) is 6.10 Å². The van der Waals surface area contributed by atoms with Gasteiger partial charge in [-0.05, 0) is 23.8 Å². The summed E-state index contributed by atoms with van der Waals surface area (Å²) in [7, 11) is 0. The van der Waals surface area contributed by atoms with Gasteiger partial charge in [0.2, 0.25) is 0 Å². The highest BCUT2D eigenvalue weighted by Gasteiger charge is 2.28. The molecule has 1 aliphatic heterocycles. The van der Waals surface area contributed by atoms with E-state index in [0.717, 1.165) is 39.1 Å². The number of pyridine rings is 1. The van der Waals surface area contributed by atoms with Crippen molar-refractivity contribution in [1.29, 1.82) is 0 Å². The molecule has 7 heteroatoms. The summed E-state index contributed by atoms with van der Waals surface area (Å²) in [5, 5.41) is 10.8. The van der Waals surface area contributed by atoms with E-state index in [1.165, 1.54) is 5.56 Å². The van der Waals surface area contributed by atoms with Crippen molar-refractivity contribution in [3.63, 3.8) is 0 Å². The predicted molar refractivity (Wildman–Crippen MR) is 117 cm³/mol. The molecule has 2 aromatic heterocycles. The number of benzene rings is 2. The second-order valence-electron chi connectivity index (χ2n) is 6.89. The van der Waals surface area contributed by atoms with Crippen LogP contribution in [0, 0.1) is 0 Å². The number of hydrogen-bond acceptors (Lipinski definition) is 6. The molecule has 150 valence electrons. The predicted octanol–water partition coefficient (Wildman–Crippen LogP) is 4.82. The van der Waals surface area contributed by atoms with Crippen LogP contribution in [0.3, 0.4) is 0 Å². The Labute approximate surface area is 178 Å². The minimum atomic E-state index is -0.319. The second kappa shape index (κ2) is 8.20. The zero-order chi connectivity index (χ0) is 20.3. The Hall–Kier alpha value is -3.32. The zero-order valence-electron chi connectivity index (χ0n) is 16.3. The van der Waals surface area contributed by atoms with E-state index in [9.17, 15) is 0 Å². The lowest BCUT2D eigenvalue weighted by Crippen LogP contribution is -2.25. The van der Waals surface area contributed by atoms with Crippen LogP contribution >= 0.6 is 11.8 Å². The summed E-state index contributed by atoms with van der Waals surface area (Å²) in [6.07, 6.45) is 3.35. The molecule has 1 atom stereocenters. The van der Waals surface area contributed by atoms with E-state index in [1.807, 2.05) is 47.2 Å². The SMILES string of the molecule is C=CCn1c(SCc2cccc3cccnc23)nnc1C1COc2ccccc2O1. The third-order valence-electron chi connectivity index (χ3n) is 4.93. The van der Waals surface area contributed by atoms with Crippen LogP contribution in [0.15, 0.2) is 78.6 Å². The number of nitrogens with zero attached hydrogens (tertiary/aromatic N) is 4. The summed E-state index contributed by atoms with van der Waals surface area (Å²) < 4.78 is 14.0. The topological polar surface area (TPSA) is 62.1 Å². The van der Waals surface area contributed by atoms with Gasteiger partial charge in [0.1, 0.15) is 6.61 Å². The molecular formula is C23H20N4O2S. The standard InChI is InChI=1S/C23H20N4O2S/c1-2-13-27-22(20-14-28-18-10-3-4-11-19(18)29-20)25-26-23(27)30-15-17-8-5-7-16-9-6-12-24-21(16)17/h2-12,20H,1,13-15H2. The molecule has 0 fully saturated rings. The van der Waals surface area contributed by atoms with Crippen LogP contribution in [0.25, 0.3) is 10.9 Å². The molecule has 0 saturated carbocycles. The van der Waals surface area contributed by atoms with Gasteiger partial charge in [0.15, 0.2) is 28.6 Å². The molecule has 0 spiro atoms. The van der Waals surface area contributed by atoms with Gasteiger partial charge in [-0.3, -0.25) is 9.55 Å². The minimum Gasteiger partial charge on any atom is -0.485 e. The Morgan fingerprint density at radius 3 is 2.83 bits per heavy atom. The molecule has 0 aliphatic carbocycles. The first-order chi connectivity index (χ1) is 14.8. The third kappa shape index (κ3) is 3.52. The van der Waals surface area contributed by atoms with E-state index >= 15 is 0 Å². The van der Waals surface area contributed by atoms with Crippen LogP contribution in [0.5, 0.6) is 11.5 Å². The van der Waals surface area contributed by atoms with E-state index in [0.29, 0.717) is 13.2 Å². The highest BCUT2D eigenvalue weighted by Crippen LogP contribution is 2.36. The van der Waals surface area contributed by atoms with Crippen molar-refractivity contribution >= 4 is 22.7 Å². The first-order valence-corrected chi connectivity index (χ1v) is 10.7. The molecule has 0 bridgehead atoms. The van der Waals surface area contributed by atoms with Crippen molar-refractivity contribution in [3.8, 4) is 11.5 Å². The van der Waals surface area contributed by atoms with Crippen molar-refractivity contribution in [1.82, 2.24) is 19.7 Å². The normalized spacial score (nSPS) is 15.3. The molecule has 0 radical (unpaired) electrons. The van der Waals surface area contributed by atoms with Gasteiger partial charge >= 0.3 is 0 Å². The van der Waals surface area contributed by atoms with Crippen molar-refractivity contribution in [2.75, 3.05) is 6.61 Å². The summed E-state index contributed by atoms with van der Waals surface area (Å²) in [6.45, 7) is 4.88. The number of aromatic nitrogens is 4. The molecule has 3 heterocycles. The van der Waals surface area contributed by atoms with Gasteiger partial charge in [-0.15, -0.1) is 16.8 Å². The number of fused-ring (bicyclic) bond motifs is 2. The lowest BCUT2D eigenvalue weighted by molar-refractivity contribution is 0.0821. The Balaban J connectivity index is 1.40. The summed E-state index contributed by atoms with van der Waals surface area (Å²) in [6, 6.07) is 17.9. The van der Waals surface area contributed by atoms with Gasteiger partial charge in [0.05, 0.1) is 5.52 Å². The Morgan fingerprint density at radius 1 is 1.07 bits per heavy atom. The van der Waals surface area contributed by atoms with Crippen LogP contribution in [0.1, 0.15) is 17.5 Å². The molecule has 30 heavy (non-hydrogen) atoms. The average Bonchev–Trinajstić information content (AvgIpc) is 3.20. The maximum Gasteiger partial charge on any atom is 0.192 e. The molecular weight excluding hydrogens is 396 g/mol. The fraction of sp³-hybridized carbons (Fsp3) is 0.174. The second-order valence-corrected chi connectivity index (χ2v) is 7.83. The van der Waals surface area contributed by atoms with Crippen LogP contribution in [-0.4, -0.2) is 26.4 Å².